The maximum Gasteiger partial charge on any atom is 0.573 e. The summed E-state index contributed by atoms with van der Waals surface area (Å²) >= 11 is 0. The predicted octanol–water partition coefficient (Wildman–Crippen LogP) is 2.60. The Bertz CT molecular complexity index is 1150. The summed E-state index contributed by atoms with van der Waals surface area (Å²) in [5.41, 5.74) is 1.45. The van der Waals surface area contributed by atoms with Gasteiger partial charge in [-0.25, -0.2) is 8.42 Å². The van der Waals surface area contributed by atoms with E-state index in [4.69, 9.17) is 0 Å². The molecule has 2 aliphatic rings. The zero-order chi connectivity index (χ0) is 21.5. The number of carbonyl (C=O) groups is 1. The summed E-state index contributed by atoms with van der Waals surface area (Å²) in [7, 11) is -3.71. The van der Waals surface area contributed by atoms with E-state index in [9.17, 15) is 26.4 Å². The van der Waals surface area contributed by atoms with Crippen LogP contribution in [0.1, 0.15) is 17.5 Å². The Hall–Kier alpha value is -3.08. The topological polar surface area (TPSA) is 88.1 Å². The first-order valence-corrected chi connectivity index (χ1v) is 10.5. The van der Waals surface area contributed by atoms with Crippen molar-refractivity contribution in [3.63, 3.8) is 0 Å². The van der Waals surface area contributed by atoms with Crippen LogP contribution in [-0.2, 0) is 21.2 Å². The molecule has 2 heterocycles. The van der Waals surface area contributed by atoms with Gasteiger partial charge in [-0.05, 0) is 48.7 Å². The average molecular weight is 439 g/mol. The van der Waals surface area contributed by atoms with E-state index in [1.165, 1.54) is 23.1 Å². The van der Waals surface area contributed by atoms with Gasteiger partial charge in [0, 0.05) is 17.8 Å². The molecule has 0 bridgehead atoms. The minimum atomic E-state index is -4.79. The molecule has 2 aliphatic heterocycles. The molecule has 0 unspecified atom stereocenters. The summed E-state index contributed by atoms with van der Waals surface area (Å²) in [6.07, 6.45) is -3.71. The molecular formula is C19H16F3N3O4S. The largest absolute Gasteiger partial charge is 0.573 e. The number of hydrogen-bond donors (Lipinski definition) is 1. The fourth-order valence-corrected chi connectivity index (χ4v) is 4.76. The number of sulfonamides is 1. The van der Waals surface area contributed by atoms with E-state index in [1.54, 1.807) is 18.2 Å². The molecule has 30 heavy (non-hydrogen) atoms. The van der Waals surface area contributed by atoms with Crippen LogP contribution in [0.25, 0.3) is 0 Å². The fourth-order valence-electron chi connectivity index (χ4n) is 3.51. The predicted molar refractivity (Wildman–Crippen MR) is 102 cm³/mol. The first-order chi connectivity index (χ1) is 14.1. The van der Waals surface area contributed by atoms with Gasteiger partial charge in [-0.1, -0.05) is 12.1 Å². The Balaban J connectivity index is 1.54. The van der Waals surface area contributed by atoms with Gasteiger partial charge in [0.05, 0.1) is 4.90 Å². The number of amides is 1. The molecule has 0 saturated carbocycles. The zero-order valence-corrected chi connectivity index (χ0v) is 16.3. The highest BCUT2D eigenvalue weighted by Gasteiger charge is 2.33. The number of ether oxygens (including phenoxy) is 1. The maximum atomic E-state index is 12.7. The van der Waals surface area contributed by atoms with Gasteiger partial charge in [0.2, 0.25) is 5.91 Å². The number of fused-ring (bicyclic) bond motifs is 2. The molecule has 1 N–H and O–H groups in total. The van der Waals surface area contributed by atoms with Crippen molar-refractivity contribution in [3.05, 3.63) is 53.6 Å². The van der Waals surface area contributed by atoms with Gasteiger partial charge in [-0.3, -0.25) is 14.5 Å². The van der Waals surface area contributed by atoms with Gasteiger partial charge in [0.25, 0.3) is 10.0 Å². The summed E-state index contributed by atoms with van der Waals surface area (Å²) in [5, 5.41) is 0. The third kappa shape index (κ3) is 3.97. The van der Waals surface area contributed by atoms with Crippen molar-refractivity contribution in [2.75, 3.05) is 18.0 Å². The van der Waals surface area contributed by atoms with Gasteiger partial charge in [-0.15, -0.1) is 13.2 Å². The van der Waals surface area contributed by atoms with E-state index in [2.05, 4.69) is 14.5 Å². The summed E-state index contributed by atoms with van der Waals surface area (Å²) in [6.45, 7) is 0.0743. The Kier molecular flexibility index (Phi) is 4.92. The monoisotopic (exact) mass is 439 g/mol. The lowest BCUT2D eigenvalue weighted by molar-refractivity contribution is -0.274. The van der Waals surface area contributed by atoms with Crippen molar-refractivity contribution in [3.8, 4) is 5.75 Å². The Morgan fingerprint density at radius 1 is 1.20 bits per heavy atom. The zero-order valence-electron chi connectivity index (χ0n) is 15.4. The fraction of sp³-hybridized carbons (Fsp3) is 0.263. The third-order valence-corrected chi connectivity index (χ3v) is 6.14. The van der Waals surface area contributed by atoms with Gasteiger partial charge < -0.3 is 9.64 Å². The molecule has 0 aliphatic carbocycles. The first-order valence-electron chi connectivity index (χ1n) is 9.00. The SMILES string of the molecule is O=C(CN=C1NS(=O)(=O)c2ccccc21)N1CCCc2cc(OC(F)(F)F)ccc21. The van der Waals surface area contributed by atoms with Crippen molar-refractivity contribution < 1.29 is 31.1 Å². The van der Waals surface area contributed by atoms with Gasteiger partial charge in [0.1, 0.15) is 18.1 Å². The lowest BCUT2D eigenvalue weighted by Crippen LogP contribution is -2.37. The third-order valence-electron chi connectivity index (χ3n) is 4.74. The minimum Gasteiger partial charge on any atom is -0.406 e. The highest BCUT2D eigenvalue weighted by Crippen LogP contribution is 2.33. The smallest absolute Gasteiger partial charge is 0.406 e. The van der Waals surface area contributed by atoms with E-state index in [-0.39, 0.29) is 23.0 Å². The van der Waals surface area contributed by atoms with Crippen LogP contribution in [0, 0.1) is 0 Å². The molecule has 0 aromatic heterocycles. The molecule has 2 aromatic rings. The molecule has 0 spiro atoms. The number of carbonyl (C=O) groups excluding carboxylic acids is 1. The number of aliphatic imine (C=N–C) groups is 1. The van der Waals surface area contributed by atoms with Crippen LogP contribution < -0.4 is 14.4 Å². The van der Waals surface area contributed by atoms with Crippen molar-refractivity contribution in [2.24, 2.45) is 4.99 Å². The van der Waals surface area contributed by atoms with E-state index >= 15 is 0 Å². The highest BCUT2D eigenvalue weighted by molar-refractivity contribution is 7.90. The van der Waals surface area contributed by atoms with E-state index in [0.717, 1.165) is 6.07 Å². The lowest BCUT2D eigenvalue weighted by atomic mass is 10.0. The lowest BCUT2D eigenvalue weighted by Gasteiger charge is -2.29. The Morgan fingerprint density at radius 3 is 2.73 bits per heavy atom. The number of nitrogens with zero attached hydrogens (tertiary/aromatic N) is 2. The molecule has 0 atom stereocenters. The number of halogens is 3. The molecule has 158 valence electrons. The molecule has 4 rings (SSSR count). The van der Waals surface area contributed by atoms with E-state index in [0.29, 0.717) is 36.2 Å². The highest BCUT2D eigenvalue weighted by atomic mass is 32.2. The van der Waals surface area contributed by atoms with Gasteiger partial charge in [0.15, 0.2) is 0 Å². The number of nitrogens with one attached hydrogen (secondary N) is 1. The van der Waals surface area contributed by atoms with Crippen molar-refractivity contribution in [2.45, 2.75) is 24.1 Å². The van der Waals surface area contributed by atoms with E-state index < -0.39 is 22.3 Å². The standard InChI is InChI=1S/C19H16F3N3O4S/c20-19(21,22)29-13-7-8-15-12(10-13)4-3-9-25(15)17(26)11-23-18-14-5-1-2-6-16(14)30(27,28)24-18/h1-2,5-8,10H,3-4,9,11H2,(H,23,24). The number of amidine groups is 1. The van der Waals surface area contributed by atoms with Crippen LogP contribution in [0.15, 0.2) is 52.4 Å². The van der Waals surface area contributed by atoms with Gasteiger partial charge in [-0.2, -0.15) is 0 Å². The molecule has 0 saturated heterocycles. The maximum absolute atomic E-state index is 12.7. The van der Waals surface area contributed by atoms with Crippen LogP contribution in [0.3, 0.4) is 0 Å². The van der Waals surface area contributed by atoms with E-state index in [1.807, 2.05) is 0 Å². The summed E-state index contributed by atoms with van der Waals surface area (Å²) in [5.74, 6) is -0.644. The molecule has 2 aromatic carbocycles. The quantitative estimate of drug-likeness (QED) is 0.797. The van der Waals surface area contributed by atoms with Crippen LogP contribution in [0.4, 0.5) is 18.9 Å². The molecule has 1 amide bonds. The normalized spacial score (nSPS) is 18.5. The summed E-state index contributed by atoms with van der Waals surface area (Å²) in [4.78, 5) is 18.4. The van der Waals surface area contributed by atoms with Crippen molar-refractivity contribution in [1.29, 1.82) is 0 Å². The van der Waals surface area contributed by atoms with Crippen LogP contribution >= 0.6 is 0 Å². The number of rotatable bonds is 3. The second-order valence-electron chi connectivity index (χ2n) is 6.75. The Labute approximate surface area is 170 Å². The van der Waals surface area contributed by atoms with Crippen LogP contribution in [-0.4, -0.2) is 39.6 Å². The Morgan fingerprint density at radius 2 is 1.97 bits per heavy atom. The molecular weight excluding hydrogens is 423 g/mol. The summed E-state index contributed by atoms with van der Waals surface area (Å²) < 4.78 is 67.8. The summed E-state index contributed by atoms with van der Waals surface area (Å²) in [6, 6.07) is 10.1. The number of aryl methyl sites for hydroxylation is 1. The number of alkyl halides is 3. The molecule has 11 heteroatoms. The molecule has 7 nitrogen and oxygen atoms in total. The van der Waals surface area contributed by atoms with Crippen LogP contribution in [0.2, 0.25) is 0 Å². The van der Waals surface area contributed by atoms with Crippen molar-refractivity contribution >= 4 is 27.5 Å². The second-order valence-corrected chi connectivity index (χ2v) is 8.40. The second kappa shape index (κ2) is 7.31. The molecule has 0 radical (unpaired) electrons. The number of anilines is 1. The molecule has 0 fully saturated rings. The number of benzene rings is 2. The minimum absolute atomic E-state index is 0.0881. The first kappa shape index (κ1) is 20.2. The van der Waals surface area contributed by atoms with Gasteiger partial charge >= 0.3 is 6.36 Å². The number of hydrogen-bond acceptors (Lipinski definition) is 5. The van der Waals surface area contributed by atoms with Crippen molar-refractivity contribution in [1.82, 2.24) is 4.72 Å². The van der Waals surface area contributed by atoms with Crippen LogP contribution in [0.5, 0.6) is 5.75 Å². The average Bonchev–Trinajstić information content (AvgIpc) is 2.95.